The summed E-state index contributed by atoms with van der Waals surface area (Å²) in [6.45, 7) is 19.2. The number of nitrogens with zero attached hydrogens (tertiary/aromatic N) is 1. The number of ether oxygens (including phenoxy) is 3. The lowest BCUT2D eigenvalue weighted by molar-refractivity contribution is -0.0648. The van der Waals surface area contributed by atoms with Gasteiger partial charge >= 0.3 is 0 Å². The smallest absolute Gasteiger partial charge is 0.0934 e. The normalized spacial score (nSPS) is 29.6. The van der Waals surface area contributed by atoms with Crippen LogP contribution < -0.4 is 0 Å². The fourth-order valence-electron chi connectivity index (χ4n) is 12.5. The molecule has 3 saturated carbocycles. The van der Waals surface area contributed by atoms with Crippen LogP contribution in [0.1, 0.15) is 202 Å². The molecule has 4 heteroatoms. The molecule has 4 rings (SSSR count). The molecule has 0 amide bonds. The Balaban J connectivity index is 1.04. The summed E-state index contributed by atoms with van der Waals surface area (Å²) >= 11 is 0. The summed E-state index contributed by atoms with van der Waals surface area (Å²) in [5, 5.41) is 0. The van der Waals surface area contributed by atoms with Crippen molar-refractivity contribution in [2.45, 2.75) is 214 Å². The average Bonchev–Trinajstić information content (AvgIpc) is 3.55. The van der Waals surface area contributed by atoms with Gasteiger partial charge in [-0.3, -0.25) is 0 Å². The maximum atomic E-state index is 6.59. The second kappa shape index (κ2) is 27.2. The number of likely N-dealkylation sites (N-methyl/N-ethyl adjacent to an activating group) is 1. The number of hydrogen-bond donors (Lipinski definition) is 0. The summed E-state index contributed by atoms with van der Waals surface area (Å²) in [5.74, 6) is 5.43. The summed E-state index contributed by atoms with van der Waals surface area (Å²) in [5.41, 5.74) is 2.74. The van der Waals surface area contributed by atoms with Gasteiger partial charge < -0.3 is 19.1 Å². The lowest BCUT2D eigenvalue weighted by Gasteiger charge is -2.58. The van der Waals surface area contributed by atoms with Gasteiger partial charge in [0, 0.05) is 26.4 Å². The summed E-state index contributed by atoms with van der Waals surface area (Å²) in [6.07, 6.45) is 45.4. The first-order valence-electron chi connectivity index (χ1n) is 25.5. The fourth-order valence-corrected chi connectivity index (χ4v) is 12.5. The van der Waals surface area contributed by atoms with Crippen molar-refractivity contribution >= 4 is 0 Å². The Morgan fingerprint density at radius 1 is 0.741 bits per heavy atom. The van der Waals surface area contributed by atoms with Crippen LogP contribution in [0, 0.1) is 46.3 Å². The molecule has 0 spiro atoms. The van der Waals surface area contributed by atoms with Gasteiger partial charge in [-0.1, -0.05) is 135 Å². The molecule has 4 aliphatic rings. The first-order chi connectivity index (χ1) is 28.1. The van der Waals surface area contributed by atoms with Crippen LogP contribution in [-0.2, 0) is 14.2 Å². The molecule has 0 aromatic rings. The van der Waals surface area contributed by atoms with Crippen LogP contribution in [0.25, 0.3) is 0 Å². The highest BCUT2D eigenvalue weighted by Crippen LogP contribution is 2.67. The lowest BCUT2D eigenvalue weighted by Crippen LogP contribution is -2.51. The third-order valence-electron chi connectivity index (χ3n) is 15.9. The molecule has 0 aromatic heterocycles. The molecule has 0 heterocycles. The van der Waals surface area contributed by atoms with Crippen LogP contribution in [0.4, 0.5) is 0 Å². The summed E-state index contributed by atoms with van der Waals surface area (Å²) in [4.78, 5) is 2.23. The number of hydrogen-bond acceptors (Lipinski definition) is 4. The van der Waals surface area contributed by atoms with E-state index in [0.29, 0.717) is 23.5 Å². The van der Waals surface area contributed by atoms with Gasteiger partial charge in [0.25, 0.3) is 0 Å². The van der Waals surface area contributed by atoms with Gasteiger partial charge in [0.1, 0.15) is 0 Å². The van der Waals surface area contributed by atoms with Crippen molar-refractivity contribution in [3.05, 3.63) is 36.0 Å². The molecule has 0 aromatic carbocycles. The van der Waals surface area contributed by atoms with Gasteiger partial charge in [0.05, 0.1) is 18.8 Å². The maximum absolute atomic E-state index is 6.59. The van der Waals surface area contributed by atoms with E-state index in [9.17, 15) is 0 Å². The van der Waals surface area contributed by atoms with Crippen molar-refractivity contribution in [3.8, 4) is 0 Å². The van der Waals surface area contributed by atoms with Gasteiger partial charge in [-0.25, -0.2) is 0 Å². The van der Waals surface area contributed by atoms with Gasteiger partial charge in [-0.15, -0.1) is 0 Å². The summed E-state index contributed by atoms with van der Waals surface area (Å²) in [7, 11) is 4.27. The third kappa shape index (κ3) is 16.1. The Labute approximate surface area is 361 Å². The molecule has 4 nitrogen and oxygen atoms in total. The molecule has 9 atom stereocenters. The van der Waals surface area contributed by atoms with Gasteiger partial charge in [-0.2, -0.15) is 0 Å². The summed E-state index contributed by atoms with van der Waals surface area (Å²) < 4.78 is 19.1. The van der Waals surface area contributed by atoms with E-state index in [2.05, 4.69) is 90.9 Å². The van der Waals surface area contributed by atoms with E-state index in [1.807, 2.05) is 0 Å². The van der Waals surface area contributed by atoms with Crippen LogP contribution >= 0.6 is 0 Å². The first-order valence-corrected chi connectivity index (χ1v) is 25.5. The van der Waals surface area contributed by atoms with Crippen molar-refractivity contribution in [1.82, 2.24) is 4.90 Å². The molecule has 0 N–H and O–H groups in total. The van der Waals surface area contributed by atoms with E-state index in [1.54, 1.807) is 5.57 Å². The lowest BCUT2D eigenvalue weighted by atomic mass is 9.47. The molecule has 3 fully saturated rings. The Hall–Kier alpha value is -0.940. The number of rotatable bonds is 31. The number of fused-ring (bicyclic) bond motifs is 5. The van der Waals surface area contributed by atoms with E-state index in [1.165, 1.54) is 135 Å². The predicted molar refractivity (Wildman–Crippen MR) is 250 cm³/mol. The maximum Gasteiger partial charge on any atom is 0.0934 e. The topological polar surface area (TPSA) is 30.9 Å². The predicted octanol–water partition coefficient (Wildman–Crippen LogP) is 15.0. The molecule has 0 bridgehead atoms. The van der Waals surface area contributed by atoms with Gasteiger partial charge in [0.15, 0.2) is 0 Å². The van der Waals surface area contributed by atoms with E-state index >= 15 is 0 Å². The summed E-state index contributed by atoms with van der Waals surface area (Å²) in [6, 6.07) is 0. The quantitative estimate of drug-likeness (QED) is 0.0516. The minimum Gasteiger partial charge on any atom is -0.379 e. The molecule has 58 heavy (non-hydrogen) atoms. The van der Waals surface area contributed by atoms with Crippen LogP contribution in [0.5, 0.6) is 0 Å². The van der Waals surface area contributed by atoms with Gasteiger partial charge in [0.2, 0.25) is 0 Å². The fraction of sp³-hybridized carbons (Fsp3) is 0.889. The third-order valence-corrected chi connectivity index (χ3v) is 15.9. The SMILES string of the molecule is CCCCCC=CCC=CCCCCCCCCOCC(CN(C)C)OCCCCOC1CCC2(C)C(=CCC3C2CCC2(C)C(C(C)CCCC(C)C)CCC32)C1. The molecule has 0 radical (unpaired) electrons. The Morgan fingerprint density at radius 3 is 2.19 bits per heavy atom. The highest BCUT2D eigenvalue weighted by Gasteiger charge is 2.59. The van der Waals surface area contributed by atoms with Crippen molar-refractivity contribution in [2.24, 2.45) is 46.3 Å². The van der Waals surface area contributed by atoms with E-state index in [0.717, 1.165) is 87.6 Å². The number of allylic oxidation sites excluding steroid dienone is 5. The van der Waals surface area contributed by atoms with Crippen LogP contribution in [0.3, 0.4) is 0 Å². The standard InChI is InChI=1S/C54H97NO3/c1-9-10-11-12-13-14-15-16-17-18-19-20-21-22-23-24-38-56-43-48(42-55(7)8)58-40-26-25-39-57-47-34-36-53(5)46(41-47)30-31-49-51-33-32-50(45(4)29-27-28-44(2)3)54(51,6)37-35-52(49)53/h13-14,16-17,30,44-45,47-52H,9-12,15,18-29,31-43H2,1-8H3. The van der Waals surface area contributed by atoms with Crippen LogP contribution in [-0.4, -0.2) is 64.2 Å². The molecule has 0 saturated heterocycles. The molecular weight excluding hydrogens is 711 g/mol. The van der Waals surface area contributed by atoms with E-state index in [4.69, 9.17) is 14.2 Å². The minimum absolute atomic E-state index is 0.143. The molecule has 9 unspecified atom stereocenters. The Kier molecular flexibility index (Phi) is 23.3. The van der Waals surface area contributed by atoms with Crippen molar-refractivity contribution < 1.29 is 14.2 Å². The Bertz CT molecular complexity index is 1170. The molecular formula is C54H97NO3. The van der Waals surface area contributed by atoms with E-state index < -0.39 is 0 Å². The van der Waals surface area contributed by atoms with Gasteiger partial charge in [-0.05, 0) is 163 Å². The highest BCUT2D eigenvalue weighted by molar-refractivity contribution is 5.25. The average molecular weight is 808 g/mol. The highest BCUT2D eigenvalue weighted by atomic mass is 16.5. The number of unbranched alkanes of at least 4 members (excludes halogenated alkanes) is 10. The molecule has 4 aliphatic carbocycles. The van der Waals surface area contributed by atoms with E-state index in [-0.39, 0.29) is 6.10 Å². The zero-order valence-electron chi connectivity index (χ0n) is 39.9. The second-order valence-corrected chi connectivity index (χ2v) is 21.1. The monoisotopic (exact) mass is 808 g/mol. The first kappa shape index (κ1) is 49.7. The second-order valence-electron chi connectivity index (χ2n) is 21.1. The van der Waals surface area contributed by atoms with Crippen molar-refractivity contribution in [1.29, 1.82) is 0 Å². The largest absolute Gasteiger partial charge is 0.379 e. The minimum atomic E-state index is 0.143. The Morgan fingerprint density at radius 2 is 1.45 bits per heavy atom. The van der Waals surface area contributed by atoms with Crippen molar-refractivity contribution in [2.75, 3.05) is 47.1 Å². The zero-order chi connectivity index (χ0) is 41.6. The van der Waals surface area contributed by atoms with Crippen LogP contribution in [0.2, 0.25) is 0 Å². The zero-order valence-corrected chi connectivity index (χ0v) is 39.9. The van der Waals surface area contributed by atoms with Crippen molar-refractivity contribution in [3.63, 3.8) is 0 Å². The van der Waals surface area contributed by atoms with Crippen LogP contribution in [0.15, 0.2) is 36.0 Å². The molecule has 0 aliphatic heterocycles. The molecule has 336 valence electrons.